The molecule has 0 fully saturated rings. The molecule has 0 spiro atoms. The van der Waals surface area contributed by atoms with Crippen molar-refractivity contribution in [3.05, 3.63) is 24.7 Å². The van der Waals surface area contributed by atoms with Crippen LogP contribution < -0.4 is 0 Å². The molecule has 5 nitrogen and oxygen atoms in total. The Morgan fingerprint density at radius 2 is 1.26 bits per heavy atom. The molecule has 0 aromatic heterocycles. The van der Waals surface area contributed by atoms with E-state index < -0.39 is 12.6 Å². The maximum absolute atomic E-state index is 9.39. The molecule has 2 atom stereocenters. The van der Waals surface area contributed by atoms with E-state index in [2.05, 4.69) is 0 Å². The molecule has 0 rings (SSSR count). The molecule has 0 aromatic rings. The van der Waals surface area contributed by atoms with Crippen molar-refractivity contribution in [3.8, 4) is 0 Å². The molecule has 112 valence electrons. The Morgan fingerprint density at radius 3 is 1.63 bits per heavy atom. The van der Waals surface area contributed by atoms with Crippen LogP contribution in [0.2, 0.25) is 0 Å². The van der Waals surface area contributed by atoms with E-state index in [1.807, 2.05) is 26.0 Å². The number of aliphatic hydroxyl groups excluding tert-OH is 2. The largest absolute Gasteiger partial charge is 0.473 e. The third kappa shape index (κ3) is 13.2. The molecule has 0 saturated carbocycles. The summed E-state index contributed by atoms with van der Waals surface area (Å²) in [5.74, 6) is 0. The molecule has 0 heterocycles. The molecule has 0 amide bonds. The number of hydrogen-bond donors (Lipinski definition) is 2. The predicted molar refractivity (Wildman–Crippen MR) is 73.1 cm³/mol. The Bertz CT molecular complexity index is 216. The molecule has 2 unspecified atom stereocenters. The summed E-state index contributed by atoms with van der Waals surface area (Å²) in [7, 11) is 0. The van der Waals surface area contributed by atoms with Crippen LogP contribution in [0.5, 0.6) is 0 Å². The standard InChI is InChI=1S/C14H26O5/c1-3-5-9-18-13(15)7-11-17-12-8-14(16)19-10-6-4-2/h5-6,9-10,13-16H,3-4,7-8,11-12H2,1-2H3. The third-order valence-electron chi connectivity index (χ3n) is 2.15. The lowest BCUT2D eigenvalue weighted by Crippen LogP contribution is -2.15. The van der Waals surface area contributed by atoms with Crippen LogP contribution in [0.4, 0.5) is 0 Å². The third-order valence-corrected chi connectivity index (χ3v) is 2.15. The molecule has 0 aromatic carbocycles. The molecule has 0 aliphatic heterocycles. The summed E-state index contributed by atoms with van der Waals surface area (Å²) in [4.78, 5) is 0. The maximum Gasteiger partial charge on any atom is 0.198 e. The van der Waals surface area contributed by atoms with Crippen molar-refractivity contribution in [2.45, 2.75) is 52.1 Å². The van der Waals surface area contributed by atoms with Crippen LogP contribution in [0.3, 0.4) is 0 Å². The smallest absolute Gasteiger partial charge is 0.198 e. The van der Waals surface area contributed by atoms with Crippen LogP contribution in [-0.4, -0.2) is 36.0 Å². The molecular weight excluding hydrogens is 248 g/mol. The van der Waals surface area contributed by atoms with Gasteiger partial charge < -0.3 is 24.4 Å². The summed E-state index contributed by atoms with van der Waals surface area (Å²) in [5, 5.41) is 18.8. The van der Waals surface area contributed by atoms with Crippen molar-refractivity contribution in [2.75, 3.05) is 13.2 Å². The number of rotatable bonds is 12. The number of ether oxygens (including phenoxy) is 3. The van der Waals surface area contributed by atoms with Gasteiger partial charge in [0, 0.05) is 12.8 Å². The minimum absolute atomic E-state index is 0.374. The lowest BCUT2D eigenvalue weighted by molar-refractivity contribution is -0.0854. The summed E-state index contributed by atoms with van der Waals surface area (Å²) >= 11 is 0. The van der Waals surface area contributed by atoms with Gasteiger partial charge in [-0.3, -0.25) is 0 Å². The highest BCUT2D eigenvalue weighted by Gasteiger charge is 2.04. The number of aliphatic hydroxyl groups is 2. The van der Waals surface area contributed by atoms with Crippen LogP contribution in [0.1, 0.15) is 39.5 Å². The first-order chi connectivity index (χ1) is 9.20. The van der Waals surface area contributed by atoms with E-state index in [-0.39, 0.29) is 0 Å². The van der Waals surface area contributed by atoms with Gasteiger partial charge in [0.1, 0.15) is 0 Å². The summed E-state index contributed by atoms with van der Waals surface area (Å²) in [6.07, 6.45) is 7.43. The topological polar surface area (TPSA) is 68.2 Å². The Morgan fingerprint density at radius 1 is 0.842 bits per heavy atom. The molecular formula is C14H26O5. The van der Waals surface area contributed by atoms with Crippen LogP contribution in [0.25, 0.3) is 0 Å². The first-order valence-corrected chi connectivity index (χ1v) is 6.75. The van der Waals surface area contributed by atoms with Crippen molar-refractivity contribution in [1.29, 1.82) is 0 Å². The van der Waals surface area contributed by atoms with Gasteiger partial charge in [0.05, 0.1) is 25.7 Å². The van der Waals surface area contributed by atoms with E-state index in [1.54, 1.807) is 0 Å². The summed E-state index contributed by atoms with van der Waals surface area (Å²) in [6.45, 7) is 4.72. The highest BCUT2D eigenvalue weighted by Crippen LogP contribution is 2.00. The number of hydrogen-bond acceptors (Lipinski definition) is 5. The fraction of sp³-hybridized carbons (Fsp3) is 0.714. The van der Waals surface area contributed by atoms with Gasteiger partial charge >= 0.3 is 0 Å². The normalized spacial score (nSPS) is 14.9. The fourth-order valence-electron chi connectivity index (χ4n) is 1.09. The molecule has 19 heavy (non-hydrogen) atoms. The second kappa shape index (κ2) is 13.4. The van der Waals surface area contributed by atoms with Crippen molar-refractivity contribution < 1.29 is 24.4 Å². The van der Waals surface area contributed by atoms with Crippen LogP contribution in [0.15, 0.2) is 24.7 Å². The van der Waals surface area contributed by atoms with E-state index >= 15 is 0 Å². The summed E-state index contributed by atoms with van der Waals surface area (Å²) in [6, 6.07) is 0. The van der Waals surface area contributed by atoms with Gasteiger partial charge in [0.2, 0.25) is 0 Å². The zero-order chi connectivity index (χ0) is 14.3. The van der Waals surface area contributed by atoms with Crippen LogP contribution >= 0.6 is 0 Å². The van der Waals surface area contributed by atoms with Gasteiger partial charge in [0.25, 0.3) is 0 Å². The lowest BCUT2D eigenvalue weighted by atomic mass is 10.4. The first kappa shape index (κ1) is 18.0. The molecule has 0 saturated heterocycles. The predicted octanol–water partition coefficient (Wildman–Crippen LogP) is 2.30. The van der Waals surface area contributed by atoms with Gasteiger partial charge in [0.15, 0.2) is 12.6 Å². The van der Waals surface area contributed by atoms with E-state index in [1.165, 1.54) is 12.5 Å². The molecule has 2 N–H and O–H groups in total. The average molecular weight is 274 g/mol. The van der Waals surface area contributed by atoms with Crippen molar-refractivity contribution >= 4 is 0 Å². The van der Waals surface area contributed by atoms with Crippen LogP contribution in [0, 0.1) is 0 Å². The van der Waals surface area contributed by atoms with E-state index in [4.69, 9.17) is 14.2 Å². The Balaban J connectivity index is 3.38. The second-order valence-corrected chi connectivity index (χ2v) is 3.93. The maximum atomic E-state index is 9.39. The molecule has 0 aliphatic rings. The molecule has 0 bridgehead atoms. The highest BCUT2D eigenvalue weighted by molar-refractivity contribution is 4.71. The average Bonchev–Trinajstić information content (AvgIpc) is 2.39. The second-order valence-electron chi connectivity index (χ2n) is 3.93. The van der Waals surface area contributed by atoms with Gasteiger partial charge in [-0.1, -0.05) is 13.8 Å². The molecule has 5 heteroatoms. The van der Waals surface area contributed by atoms with E-state index in [0.29, 0.717) is 26.1 Å². The SMILES string of the molecule is CCC=COC(O)CCOCCC(O)OC=CCC. The molecule has 0 radical (unpaired) electrons. The van der Waals surface area contributed by atoms with Crippen molar-refractivity contribution in [2.24, 2.45) is 0 Å². The summed E-state index contributed by atoms with van der Waals surface area (Å²) in [5.41, 5.74) is 0. The molecule has 0 aliphatic carbocycles. The van der Waals surface area contributed by atoms with Crippen molar-refractivity contribution in [1.82, 2.24) is 0 Å². The van der Waals surface area contributed by atoms with Gasteiger partial charge in [-0.25, -0.2) is 0 Å². The number of allylic oxidation sites excluding steroid dienone is 2. The van der Waals surface area contributed by atoms with Gasteiger partial charge in [-0.15, -0.1) is 0 Å². The fourth-order valence-corrected chi connectivity index (χ4v) is 1.09. The highest BCUT2D eigenvalue weighted by atomic mass is 16.6. The minimum Gasteiger partial charge on any atom is -0.473 e. The lowest BCUT2D eigenvalue weighted by Gasteiger charge is -2.12. The van der Waals surface area contributed by atoms with Gasteiger partial charge in [-0.05, 0) is 25.0 Å². The zero-order valence-corrected chi connectivity index (χ0v) is 11.8. The Kier molecular flexibility index (Phi) is 12.7. The van der Waals surface area contributed by atoms with E-state index in [0.717, 1.165) is 12.8 Å². The Labute approximate surface area is 115 Å². The Hall–Kier alpha value is -1.04. The van der Waals surface area contributed by atoms with Crippen LogP contribution in [-0.2, 0) is 14.2 Å². The quantitative estimate of drug-likeness (QED) is 0.325. The first-order valence-electron chi connectivity index (χ1n) is 6.75. The summed E-state index contributed by atoms with van der Waals surface area (Å²) < 4.78 is 15.2. The zero-order valence-electron chi connectivity index (χ0n) is 11.8. The van der Waals surface area contributed by atoms with Crippen molar-refractivity contribution in [3.63, 3.8) is 0 Å². The minimum atomic E-state index is -0.850. The monoisotopic (exact) mass is 274 g/mol. The van der Waals surface area contributed by atoms with E-state index in [9.17, 15) is 10.2 Å². The van der Waals surface area contributed by atoms with Gasteiger partial charge in [-0.2, -0.15) is 0 Å².